The quantitative estimate of drug-likeness (QED) is 0.784. The number of hydrogen-bond donors (Lipinski definition) is 2. The Bertz CT molecular complexity index is 548. The molecule has 0 saturated carbocycles. The van der Waals surface area contributed by atoms with Gasteiger partial charge in [-0.3, -0.25) is 0 Å². The summed E-state index contributed by atoms with van der Waals surface area (Å²) in [6.07, 6.45) is 1.22. The molecule has 0 aliphatic carbocycles. The van der Waals surface area contributed by atoms with Gasteiger partial charge in [-0.1, -0.05) is 0 Å². The highest BCUT2D eigenvalue weighted by Gasteiger charge is 2.24. The fraction of sp³-hybridized carbons (Fsp3) is 0.667. The molecule has 1 fully saturated rings. The Morgan fingerprint density at radius 2 is 2.08 bits per heavy atom. The van der Waals surface area contributed by atoms with Crippen molar-refractivity contribution in [1.82, 2.24) is 14.9 Å². The number of rotatable bonds is 6. The Balaban J connectivity index is 2.01. The fourth-order valence-electron chi connectivity index (χ4n) is 2.59. The van der Waals surface area contributed by atoms with Crippen LogP contribution < -0.4 is 16.0 Å². The summed E-state index contributed by atoms with van der Waals surface area (Å²) >= 11 is 0. The molecule has 1 aromatic heterocycles. The van der Waals surface area contributed by atoms with Gasteiger partial charge in [0.1, 0.15) is 12.0 Å². The van der Waals surface area contributed by atoms with Crippen molar-refractivity contribution in [2.45, 2.75) is 19.9 Å². The summed E-state index contributed by atoms with van der Waals surface area (Å²) < 4.78 is 10.1. The van der Waals surface area contributed by atoms with Crippen LogP contribution in [0.15, 0.2) is 6.33 Å². The summed E-state index contributed by atoms with van der Waals surface area (Å²) in [4.78, 5) is 24.0. The lowest BCUT2D eigenvalue weighted by Gasteiger charge is -2.35. The van der Waals surface area contributed by atoms with Crippen molar-refractivity contribution in [3.05, 3.63) is 6.33 Å². The van der Waals surface area contributed by atoms with E-state index in [0.29, 0.717) is 56.7 Å². The lowest BCUT2D eigenvalue weighted by atomic mass is 10.3. The summed E-state index contributed by atoms with van der Waals surface area (Å²) in [6, 6.07) is 0.0840. The van der Waals surface area contributed by atoms with Crippen molar-refractivity contribution in [2.24, 2.45) is 0 Å². The standard InChI is InChI=1S/C15H26N6O3/c1-4-24-15(22)21-7-5-20(6-8-21)14-12(16)13(17-10-18-14)19-11(2)9-23-3/h10-11H,4-9,16H2,1-3H3,(H,17,18,19). The second-order valence-corrected chi connectivity index (χ2v) is 5.63. The minimum Gasteiger partial charge on any atom is -0.450 e. The zero-order chi connectivity index (χ0) is 17.5. The number of carbonyl (C=O) groups is 1. The van der Waals surface area contributed by atoms with E-state index >= 15 is 0 Å². The van der Waals surface area contributed by atoms with Gasteiger partial charge in [-0.2, -0.15) is 0 Å². The highest BCUT2D eigenvalue weighted by Crippen LogP contribution is 2.27. The molecule has 24 heavy (non-hydrogen) atoms. The van der Waals surface area contributed by atoms with Crippen LogP contribution in [0.25, 0.3) is 0 Å². The lowest BCUT2D eigenvalue weighted by Crippen LogP contribution is -2.49. The zero-order valence-corrected chi connectivity index (χ0v) is 14.5. The molecule has 1 unspecified atom stereocenters. The average molecular weight is 338 g/mol. The van der Waals surface area contributed by atoms with Gasteiger partial charge in [-0.25, -0.2) is 14.8 Å². The number of nitrogens with zero attached hydrogens (tertiary/aromatic N) is 4. The minimum atomic E-state index is -0.274. The Morgan fingerprint density at radius 3 is 2.71 bits per heavy atom. The smallest absolute Gasteiger partial charge is 0.409 e. The van der Waals surface area contributed by atoms with Crippen LogP contribution in [0.2, 0.25) is 0 Å². The summed E-state index contributed by atoms with van der Waals surface area (Å²) in [7, 11) is 1.65. The van der Waals surface area contributed by atoms with Crippen molar-refractivity contribution < 1.29 is 14.3 Å². The highest BCUT2D eigenvalue weighted by molar-refractivity contribution is 5.75. The molecule has 0 aromatic carbocycles. The van der Waals surface area contributed by atoms with Gasteiger partial charge >= 0.3 is 6.09 Å². The van der Waals surface area contributed by atoms with Gasteiger partial charge in [0.15, 0.2) is 11.6 Å². The largest absolute Gasteiger partial charge is 0.450 e. The SMILES string of the molecule is CCOC(=O)N1CCN(c2ncnc(NC(C)COC)c2N)CC1. The van der Waals surface area contributed by atoms with Crippen molar-refractivity contribution in [1.29, 1.82) is 0 Å². The first-order chi connectivity index (χ1) is 11.6. The Kier molecular flexibility index (Phi) is 6.42. The molecule has 1 saturated heterocycles. The van der Waals surface area contributed by atoms with Gasteiger partial charge < -0.3 is 30.3 Å². The number of anilines is 3. The predicted molar refractivity (Wildman–Crippen MR) is 92.2 cm³/mol. The number of methoxy groups -OCH3 is 1. The topological polar surface area (TPSA) is 106 Å². The molecule has 0 bridgehead atoms. The van der Waals surface area contributed by atoms with Crippen LogP contribution in [-0.2, 0) is 9.47 Å². The maximum absolute atomic E-state index is 11.8. The van der Waals surface area contributed by atoms with Crippen molar-refractivity contribution in [3.8, 4) is 0 Å². The molecule has 2 heterocycles. The first-order valence-electron chi connectivity index (χ1n) is 8.09. The third-order valence-electron chi connectivity index (χ3n) is 3.77. The molecule has 1 atom stereocenters. The number of amides is 1. The number of carbonyl (C=O) groups excluding carboxylic acids is 1. The summed E-state index contributed by atoms with van der Waals surface area (Å²) in [5.74, 6) is 1.28. The second-order valence-electron chi connectivity index (χ2n) is 5.63. The van der Waals surface area contributed by atoms with Gasteiger partial charge in [-0.15, -0.1) is 0 Å². The van der Waals surface area contributed by atoms with Crippen LogP contribution >= 0.6 is 0 Å². The monoisotopic (exact) mass is 338 g/mol. The summed E-state index contributed by atoms with van der Waals surface area (Å²) in [5, 5.41) is 3.22. The maximum atomic E-state index is 11.8. The number of aromatic nitrogens is 2. The van der Waals surface area contributed by atoms with Gasteiger partial charge in [0.2, 0.25) is 0 Å². The third-order valence-corrected chi connectivity index (χ3v) is 3.77. The number of nitrogen functional groups attached to an aromatic ring is 1. The third kappa shape index (κ3) is 4.38. The molecule has 1 amide bonds. The van der Waals surface area contributed by atoms with E-state index in [1.54, 1.807) is 18.9 Å². The van der Waals surface area contributed by atoms with Crippen LogP contribution in [-0.4, -0.2) is 73.5 Å². The summed E-state index contributed by atoms with van der Waals surface area (Å²) in [6.45, 7) is 7.16. The number of nitrogens with one attached hydrogen (secondary N) is 1. The number of piperazine rings is 1. The molecular weight excluding hydrogens is 312 g/mol. The van der Waals surface area contributed by atoms with Gasteiger partial charge in [0.25, 0.3) is 0 Å². The molecular formula is C15H26N6O3. The van der Waals surface area contributed by atoms with E-state index in [1.807, 2.05) is 6.92 Å². The zero-order valence-electron chi connectivity index (χ0n) is 14.5. The molecule has 1 aliphatic rings. The molecule has 9 nitrogen and oxygen atoms in total. The molecule has 9 heteroatoms. The van der Waals surface area contributed by atoms with E-state index in [0.717, 1.165) is 0 Å². The van der Waals surface area contributed by atoms with E-state index in [2.05, 4.69) is 20.2 Å². The molecule has 134 valence electrons. The number of ether oxygens (including phenoxy) is 2. The second kappa shape index (κ2) is 8.53. The minimum absolute atomic E-state index is 0.0840. The molecule has 2 rings (SSSR count). The van der Waals surface area contributed by atoms with Crippen molar-refractivity contribution in [3.63, 3.8) is 0 Å². The Hall–Kier alpha value is -2.29. The molecule has 1 aromatic rings. The molecule has 0 radical (unpaired) electrons. The molecule has 1 aliphatic heterocycles. The predicted octanol–water partition coefficient (Wildman–Crippen LogP) is 0.784. The van der Waals surface area contributed by atoms with E-state index < -0.39 is 0 Å². The lowest BCUT2D eigenvalue weighted by molar-refractivity contribution is 0.105. The van der Waals surface area contributed by atoms with Crippen molar-refractivity contribution in [2.75, 3.05) is 62.5 Å². The first kappa shape index (κ1) is 18.1. The van der Waals surface area contributed by atoms with E-state index in [1.165, 1.54) is 6.33 Å². The fourth-order valence-corrected chi connectivity index (χ4v) is 2.59. The Morgan fingerprint density at radius 1 is 1.38 bits per heavy atom. The average Bonchev–Trinajstić information content (AvgIpc) is 2.57. The molecule has 3 N–H and O–H groups in total. The van der Waals surface area contributed by atoms with Crippen LogP contribution in [0.3, 0.4) is 0 Å². The number of hydrogen-bond acceptors (Lipinski definition) is 8. The Labute approximate surface area is 142 Å². The summed E-state index contributed by atoms with van der Waals surface area (Å²) in [5.41, 5.74) is 6.73. The first-order valence-corrected chi connectivity index (χ1v) is 8.09. The van der Waals surface area contributed by atoms with E-state index in [-0.39, 0.29) is 12.1 Å². The van der Waals surface area contributed by atoms with Crippen LogP contribution in [0.1, 0.15) is 13.8 Å². The van der Waals surface area contributed by atoms with Gasteiger partial charge in [-0.05, 0) is 13.8 Å². The van der Waals surface area contributed by atoms with Gasteiger partial charge in [0.05, 0.1) is 13.2 Å². The normalized spacial score (nSPS) is 16.0. The highest BCUT2D eigenvalue weighted by atomic mass is 16.6. The molecule has 0 spiro atoms. The van der Waals surface area contributed by atoms with E-state index in [4.69, 9.17) is 15.2 Å². The van der Waals surface area contributed by atoms with Crippen LogP contribution in [0, 0.1) is 0 Å². The van der Waals surface area contributed by atoms with E-state index in [9.17, 15) is 4.79 Å². The number of nitrogens with two attached hydrogens (primary N) is 1. The maximum Gasteiger partial charge on any atom is 0.409 e. The van der Waals surface area contributed by atoms with Gasteiger partial charge in [0, 0.05) is 39.3 Å². The van der Waals surface area contributed by atoms with Crippen molar-refractivity contribution >= 4 is 23.4 Å². The van der Waals surface area contributed by atoms with Crippen LogP contribution in [0.4, 0.5) is 22.1 Å². The van der Waals surface area contributed by atoms with Crippen LogP contribution in [0.5, 0.6) is 0 Å².